The molecule has 1 aliphatic heterocycles. The van der Waals surface area contributed by atoms with Crippen molar-refractivity contribution in [1.82, 2.24) is 5.32 Å². The Morgan fingerprint density at radius 3 is 2.81 bits per heavy atom. The number of benzene rings is 1. The third kappa shape index (κ3) is 2.46. The van der Waals surface area contributed by atoms with Crippen molar-refractivity contribution in [2.75, 3.05) is 13.1 Å². The van der Waals surface area contributed by atoms with Crippen LogP contribution >= 0.6 is 0 Å². The molecule has 1 heteroatoms. The molecule has 1 saturated heterocycles. The van der Waals surface area contributed by atoms with E-state index in [0.717, 1.165) is 24.6 Å². The second kappa shape index (κ2) is 5.18. The highest BCUT2D eigenvalue weighted by atomic mass is 14.9. The standard InChI is InChI=1S/C15H19N/c1-3-13-5-4-6-15(11-13)12(2)14-7-9-16-10-8-14/h1,4-6,11-12,14,16H,7-10H2,2H3. The van der Waals surface area contributed by atoms with Crippen molar-refractivity contribution < 1.29 is 0 Å². The largest absolute Gasteiger partial charge is 0.317 e. The molecular weight excluding hydrogens is 194 g/mol. The molecule has 1 aromatic carbocycles. The number of hydrogen-bond donors (Lipinski definition) is 1. The van der Waals surface area contributed by atoms with Crippen molar-refractivity contribution >= 4 is 0 Å². The van der Waals surface area contributed by atoms with Crippen LogP contribution in [-0.2, 0) is 0 Å². The summed E-state index contributed by atoms with van der Waals surface area (Å²) >= 11 is 0. The predicted octanol–water partition coefficient (Wildman–Crippen LogP) is 2.77. The van der Waals surface area contributed by atoms with Crippen LogP contribution in [0.3, 0.4) is 0 Å². The zero-order valence-corrected chi connectivity index (χ0v) is 9.87. The number of piperidine rings is 1. The first-order chi connectivity index (χ1) is 7.81. The van der Waals surface area contributed by atoms with Gasteiger partial charge in [0, 0.05) is 5.56 Å². The van der Waals surface area contributed by atoms with E-state index >= 15 is 0 Å². The highest BCUT2D eigenvalue weighted by molar-refractivity contribution is 5.36. The molecule has 0 aliphatic carbocycles. The Morgan fingerprint density at radius 2 is 2.12 bits per heavy atom. The Balaban J connectivity index is 2.13. The van der Waals surface area contributed by atoms with Crippen molar-refractivity contribution in [3.05, 3.63) is 35.4 Å². The van der Waals surface area contributed by atoms with Crippen LogP contribution in [0.2, 0.25) is 0 Å². The Morgan fingerprint density at radius 1 is 1.38 bits per heavy atom. The quantitative estimate of drug-likeness (QED) is 0.745. The van der Waals surface area contributed by atoms with Crippen LogP contribution in [0.1, 0.15) is 36.8 Å². The molecule has 2 rings (SSSR count). The Bertz CT molecular complexity index is 383. The highest BCUT2D eigenvalue weighted by Crippen LogP contribution is 2.30. The molecule has 1 unspecified atom stereocenters. The Kier molecular flexibility index (Phi) is 3.64. The summed E-state index contributed by atoms with van der Waals surface area (Å²) in [6, 6.07) is 8.43. The summed E-state index contributed by atoms with van der Waals surface area (Å²) in [5, 5.41) is 3.41. The number of hydrogen-bond acceptors (Lipinski definition) is 1. The molecule has 1 nitrogen and oxygen atoms in total. The summed E-state index contributed by atoms with van der Waals surface area (Å²) in [5.74, 6) is 4.13. The van der Waals surface area contributed by atoms with Crippen molar-refractivity contribution in [3.63, 3.8) is 0 Å². The van der Waals surface area contributed by atoms with Crippen molar-refractivity contribution in [1.29, 1.82) is 0 Å². The molecule has 1 heterocycles. The maximum Gasteiger partial charge on any atom is 0.0245 e. The molecule has 1 N–H and O–H groups in total. The van der Waals surface area contributed by atoms with Gasteiger partial charge >= 0.3 is 0 Å². The minimum absolute atomic E-state index is 0.621. The molecule has 0 amide bonds. The lowest BCUT2D eigenvalue weighted by atomic mass is 9.81. The monoisotopic (exact) mass is 213 g/mol. The van der Waals surface area contributed by atoms with E-state index < -0.39 is 0 Å². The molecule has 1 fully saturated rings. The third-order valence-electron chi connectivity index (χ3n) is 3.67. The van der Waals surface area contributed by atoms with Crippen LogP contribution in [0.5, 0.6) is 0 Å². The van der Waals surface area contributed by atoms with Crippen molar-refractivity contribution in [3.8, 4) is 12.3 Å². The van der Waals surface area contributed by atoms with E-state index in [2.05, 4.69) is 36.4 Å². The summed E-state index contributed by atoms with van der Waals surface area (Å²) < 4.78 is 0. The molecule has 0 saturated carbocycles. The summed E-state index contributed by atoms with van der Waals surface area (Å²) in [5.41, 5.74) is 2.39. The van der Waals surface area contributed by atoms with Gasteiger partial charge in [0.25, 0.3) is 0 Å². The fourth-order valence-electron chi connectivity index (χ4n) is 2.53. The van der Waals surface area contributed by atoms with Gasteiger partial charge in [0.1, 0.15) is 0 Å². The van der Waals surface area contributed by atoms with Crippen molar-refractivity contribution in [2.24, 2.45) is 5.92 Å². The zero-order chi connectivity index (χ0) is 11.4. The molecule has 0 radical (unpaired) electrons. The zero-order valence-electron chi connectivity index (χ0n) is 9.87. The summed E-state index contributed by atoms with van der Waals surface area (Å²) in [6.45, 7) is 4.64. The lowest BCUT2D eigenvalue weighted by Gasteiger charge is -2.28. The van der Waals surface area contributed by atoms with Crippen LogP contribution in [0.25, 0.3) is 0 Å². The number of rotatable bonds is 2. The molecule has 16 heavy (non-hydrogen) atoms. The van der Waals surface area contributed by atoms with E-state index in [9.17, 15) is 0 Å². The minimum Gasteiger partial charge on any atom is -0.317 e. The first-order valence-electron chi connectivity index (χ1n) is 6.08. The van der Waals surface area contributed by atoms with Gasteiger partial charge in [-0.1, -0.05) is 25.0 Å². The van der Waals surface area contributed by atoms with E-state index in [0.29, 0.717) is 5.92 Å². The highest BCUT2D eigenvalue weighted by Gasteiger charge is 2.20. The fraction of sp³-hybridized carbons (Fsp3) is 0.467. The van der Waals surface area contributed by atoms with Crippen molar-refractivity contribution in [2.45, 2.75) is 25.7 Å². The fourth-order valence-corrected chi connectivity index (χ4v) is 2.53. The van der Waals surface area contributed by atoms with Crippen LogP contribution in [0.15, 0.2) is 24.3 Å². The van der Waals surface area contributed by atoms with E-state index in [1.165, 1.54) is 18.4 Å². The third-order valence-corrected chi connectivity index (χ3v) is 3.67. The van der Waals surface area contributed by atoms with Gasteiger partial charge in [0.15, 0.2) is 0 Å². The summed E-state index contributed by atoms with van der Waals surface area (Å²) in [6.07, 6.45) is 8.00. The van der Waals surface area contributed by atoms with Gasteiger partial charge in [-0.2, -0.15) is 0 Å². The van der Waals surface area contributed by atoms with Gasteiger partial charge in [-0.25, -0.2) is 0 Å². The predicted molar refractivity (Wildman–Crippen MR) is 68.4 cm³/mol. The second-order valence-electron chi connectivity index (χ2n) is 4.65. The van der Waals surface area contributed by atoms with Crippen LogP contribution in [0.4, 0.5) is 0 Å². The van der Waals surface area contributed by atoms with Gasteiger partial charge in [-0.15, -0.1) is 6.42 Å². The van der Waals surface area contributed by atoms with Gasteiger partial charge in [-0.3, -0.25) is 0 Å². The first-order valence-corrected chi connectivity index (χ1v) is 6.08. The van der Waals surface area contributed by atoms with E-state index in [1.807, 2.05) is 6.07 Å². The lowest BCUT2D eigenvalue weighted by molar-refractivity contribution is 0.330. The van der Waals surface area contributed by atoms with Crippen LogP contribution in [0, 0.1) is 18.3 Å². The van der Waals surface area contributed by atoms with E-state index in [1.54, 1.807) is 0 Å². The van der Waals surface area contributed by atoms with E-state index in [-0.39, 0.29) is 0 Å². The average Bonchev–Trinajstić information content (AvgIpc) is 2.39. The van der Waals surface area contributed by atoms with Gasteiger partial charge in [0.05, 0.1) is 0 Å². The maximum absolute atomic E-state index is 5.44. The molecule has 1 aliphatic rings. The molecule has 1 aromatic rings. The number of nitrogens with one attached hydrogen (secondary N) is 1. The molecular formula is C15H19N. The minimum atomic E-state index is 0.621. The number of terminal acetylenes is 1. The normalized spacial score (nSPS) is 19.0. The van der Waals surface area contributed by atoms with E-state index in [4.69, 9.17) is 6.42 Å². The SMILES string of the molecule is C#Cc1cccc(C(C)C2CCNCC2)c1. The topological polar surface area (TPSA) is 12.0 Å². The van der Waals surface area contributed by atoms with Gasteiger partial charge in [0.2, 0.25) is 0 Å². The first kappa shape index (κ1) is 11.2. The molecule has 0 spiro atoms. The van der Waals surface area contributed by atoms with Crippen LogP contribution < -0.4 is 5.32 Å². The maximum atomic E-state index is 5.44. The molecule has 1 atom stereocenters. The second-order valence-corrected chi connectivity index (χ2v) is 4.65. The molecule has 0 aromatic heterocycles. The summed E-state index contributed by atoms with van der Waals surface area (Å²) in [7, 11) is 0. The molecule has 84 valence electrons. The average molecular weight is 213 g/mol. The Labute approximate surface area is 98.3 Å². The van der Waals surface area contributed by atoms with Gasteiger partial charge < -0.3 is 5.32 Å². The molecule has 0 bridgehead atoms. The summed E-state index contributed by atoms with van der Waals surface area (Å²) in [4.78, 5) is 0. The lowest BCUT2D eigenvalue weighted by Crippen LogP contribution is -2.30. The smallest absolute Gasteiger partial charge is 0.0245 e. The Hall–Kier alpha value is -1.26. The van der Waals surface area contributed by atoms with Crippen LogP contribution in [-0.4, -0.2) is 13.1 Å². The van der Waals surface area contributed by atoms with Gasteiger partial charge in [-0.05, 0) is 55.5 Å².